The zero-order valence-electron chi connectivity index (χ0n) is 15.8. The summed E-state index contributed by atoms with van der Waals surface area (Å²) >= 11 is 0. The number of hydrogen-bond acceptors (Lipinski definition) is 3. The van der Waals surface area contributed by atoms with Gasteiger partial charge in [-0.15, -0.1) is 0 Å². The van der Waals surface area contributed by atoms with Crippen molar-refractivity contribution in [2.24, 2.45) is 12.0 Å². The molecule has 0 aliphatic heterocycles. The lowest BCUT2D eigenvalue weighted by atomic mass is 9.93. The monoisotopic (exact) mass is 337 g/mol. The molecule has 0 saturated heterocycles. The Hall–Kier alpha value is -1.56. The van der Waals surface area contributed by atoms with Crippen molar-refractivity contribution in [1.82, 2.24) is 20.4 Å². The van der Waals surface area contributed by atoms with Gasteiger partial charge in [0.05, 0.1) is 18.3 Å². The van der Waals surface area contributed by atoms with Crippen LogP contribution in [0.4, 0.5) is 0 Å². The molecule has 6 nitrogen and oxygen atoms in total. The van der Waals surface area contributed by atoms with E-state index in [-0.39, 0.29) is 0 Å². The molecule has 0 aliphatic carbocycles. The first kappa shape index (κ1) is 20.5. The third-order valence-corrected chi connectivity index (χ3v) is 4.00. The van der Waals surface area contributed by atoms with Crippen LogP contribution in [0.15, 0.2) is 17.4 Å². The van der Waals surface area contributed by atoms with Crippen molar-refractivity contribution in [1.29, 1.82) is 0 Å². The predicted molar refractivity (Wildman–Crippen MR) is 100 cm³/mol. The highest BCUT2D eigenvalue weighted by molar-refractivity contribution is 5.79. The molecule has 0 unspecified atom stereocenters. The molecule has 24 heavy (non-hydrogen) atoms. The molecular formula is C18H35N5O. The second-order valence-electron chi connectivity index (χ2n) is 6.47. The number of nitrogens with zero attached hydrogens (tertiary/aromatic N) is 3. The van der Waals surface area contributed by atoms with Crippen LogP contribution in [-0.4, -0.2) is 46.1 Å². The molecule has 6 heteroatoms. The van der Waals surface area contributed by atoms with Crippen LogP contribution < -0.4 is 10.6 Å². The molecule has 1 aromatic heterocycles. The summed E-state index contributed by atoms with van der Waals surface area (Å²) in [6.07, 6.45) is 9.52. The number of aromatic nitrogens is 2. The third-order valence-electron chi connectivity index (χ3n) is 4.00. The zero-order chi connectivity index (χ0) is 17.8. The first-order chi connectivity index (χ1) is 11.5. The molecule has 1 rings (SSSR count). The van der Waals surface area contributed by atoms with E-state index in [9.17, 15) is 5.11 Å². The van der Waals surface area contributed by atoms with Crippen LogP contribution in [-0.2, 0) is 13.5 Å². The highest BCUT2D eigenvalue weighted by Gasteiger charge is 2.24. The number of aliphatic imine (C=N–C) groups is 1. The Balaban J connectivity index is 2.45. The molecule has 0 saturated carbocycles. The van der Waals surface area contributed by atoms with Gasteiger partial charge in [0.25, 0.3) is 0 Å². The van der Waals surface area contributed by atoms with E-state index in [1.165, 1.54) is 5.56 Å². The van der Waals surface area contributed by atoms with Gasteiger partial charge >= 0.3 is 0 Å². The molecule has 138 valence electrons. The van der Waals surface area contributed by atoms with Gasteiger partial charge in [0, 0.05) is 26.3 Å². The molecule has 1 heterocycles. The van der Waals surface area contributed by atoms with E-state index in [0.717, 1.165) is 57.6 Å². The molecule has 0 atom stereocenters. The molecule has 0 radical (unpaired) electrons. The molecule has 3 N–H and O–H groups in total. The van der Waals surface area contributed by atoms with E-state index in [1.807, 2.05) is 17.9 Å². The molecular weight excluding hydrogens is 302 g/mol. The van der Waals surface area contributed by atoms with E-state index in [2.05, 4.69) is 47.7 Å². The highest BCUT2D eigenvalue weighted by atomic mass is 16.3. The van der Waals surface area contributed by atoms with Crippen molar-refractivity contribution in [3.05, 3.63) is 18.0 Å². The van der Waals surface area contributed by atoms with Crippen LogP contribution in [0.2, 0.25) is 0 Å². The van der Waals surface area contributed by atoms with Crippen LogP contribution in [0.5, 0.6) is 0 Å². The molecule has 0 amide bonds. The van der Waals surface area contributed by atoms with Gasteiger partial charge < -0.3 is 15.7 Å². The van der Waals surface area contributed by atoms with E-state index in [4.69, 9.17) is 0 Å². The summed E-state index contributed by atoms with van der Waals surface area (Å²) in [6.45, 7) is 8.37. The fraction of sp³-hybridized carbons (Fsp3) is 0.778. The number of hydrogen-bond donors (Lipinski definition) is 3. The molecule has 0 aromatic carbocycles. The van der Waals surface area contributed by atoms with Gasteiger partial charge in [-0.3, -0.25) is 9.67 Å². The Bertz CT molecular complexity index is 478. The average Bonchev–Trinajstić information content (AvgIpc) is 2.95. The molecule has 0 bridgehead atoms. The van der Waals surface area contributed by atoms with Crippen molar-refractivity contribution >= 4 is 5.96 Å². The summed E-state index contributed by atoms with van der Waals surface area (Å²) in [5.74, 6) is 0.786. The Morgan fingerprint density at radius 3 is 2.50 bits per heavy atom. The summed E-state index contributed by atoms with van der Waals surface area (Å²) in [4.78, 5) is 4.60. The minimum absolute atomic E-state index is 0.451. The van der Waals surface area contributed by atoms with Gasteiger partial charge in [-0.2, -0.15) is 5.10 Å². The SMILES string of the molecule is CCCC(O)(CCC)CN=C(NCC)NCCCc1cnn(C)c1. The predicted octanol–water partition coefficient (Wildman–Crippen LogP) is 2.24. The standard InChI is InChI=1S/C18H35N5O/c1-5-10-18(24,11-6-2)15-21-17(19-7-3)20-12-8-9-16-13-22-23(4)14-16/h13-14,24H,5-12,15H2,1-4H3,(H2,19,20,21). The molecule has 0 fully saturated rings. The second-order valence-corrected chi connectivity index (χ2v) is 6.47. The summed E-state index contributed by atoms with van der Waals surface area (Å²) in [5, 5.41) is 21.5. The minimum Gasteiger partial charge on any atom is -0.388 e. The maximum Gasteiger partial charge on any atom is 0.191 e. The van der Waals surface area contributed by atoms with Crippen LogP contribution in [0.25, 0.3) is 0 Å². The Morgan fingerprint density at radius 2 is 1.96 bits per heavy atom. The van der Waals surface area contributed by atoms with Crippen molar-refractivity contribution in [2.75, 3.05) is 19.6 Å². The van der Waals surface area contributed by atoms with Gasteiger partial charge in [-0.25, -0.2) is 0 Å². The number of guanidine groups is 1. The van der Waals surface area contributed by atoms with Gasteiger partial charge in [-0.1, -0.05) is 26.7 Å². The fourth-order valence-electron chi connectivity index (χ4n) is 2.88. The smallest absolute Gasteiger partial charge is 0.191 e. The summed E-state index contributed by atoms with van der Waals surface area (Å²) < 4.78 is 1.83. The number of aryl methyl sites for hydroxylation is 2. The minimum atomic E-state index is -0.679. The fourth-order valence-corrected chi connectivity index (χ4v) is 2.88. The van der Waals surface area contributed by atoms with Crippen LogP contribution in [0.1, 0.15) is 58.4 Å². The number of aliphatic hydroxyl groups is 1. The van der Waals surface area contributed by atoms with Crippen molar-refractivity contribution < 1.29 is 5.11 Å². The van der Waals surface area contributed by atoms with Gasteiger partial charge in [0.15, 0.2) is 5.96 Å². The van der Waals surface area contributed by atoms with Crippen molar-refractivity contribution in [3.63, 3.8) is 0 Å². The van der Waals surface area contributed by atoms with E-state index in [0.29, 0.717) is 6.54 Å². The van der Waals surface area contributed by atoms with Gasteiger partial charge in [0.1, 0.15) is 0 Å². The largest absolute Gasteiger partial charge is 0.388 e. The van der Waals surface area contributed by atoms with Crippen molar-refractivity contribution in [3.8, 4) is 0 Å². The van der Waals surface area contributed by atoms with Crippen molar-refractivity contribution in [2.45, 2.75) is 64.9 Å². The van der Waals surface area contributed by atoms with Crippen LogP contribution in [0, 0.1) is 0 Å². The summed E-state index contributed by atoms with van der Waals surface area (Å²) in [5.41, 5.74) is 0.572. The number of rotatable bonds is 11. The normalized spacial score (nSPS) is 12.5. The lowest BCUT2D eigenvalue weighted by molar-refractivity contribution is 0.0306. The maximum atomic E-state index is 10.7. The first-order valence-corrected chi connectivity index (χ1v) is 9.25. The molecule has 0 aliphatic rings. The second kappa shape index (κ2) is 11.1. The zero-order valence-corrected chi connectivity index (χ0v) is 15.8. The lowest BCUT2D eigenvalue weighted by Gasteiger charge is -2.26. The third kappa shape index (κ3) is 7.81. The quantitative estimate of drug-likeness (QED) is 0.329. The maximum absolute atomic E-state index is 10.7. The summed E-state index contributed by atoms with van der Waals surface area (Å²) in [6, 6.07) is 0. The first-order valence-electron chi connectivity index (χ1n) is 9.25. The average molecular weight is 338 g/mol. The Labute approximate surface area is 146 Å². The Morgan fingerprint density at radius 1 is 1.25 bits per heavy atom. The topological polar surface area (TPSA) is 74.5 Å². The van der Waals surface area contributed by atoms with Crippen LogP contribution >= 0.6 is 0 Å². The highest BCUT2D eigenvalue weighted by Crippen LogP contribution is 2.19. The Kier molecular flexibility index (Phi) is 9.45. The number of nitrogens with one attached hydrogen (secondary N) is 2. The summed E-state index contributed by atoms with van der Waals surface area (Å²) in [7, 11) is 1.94. The van der Waals surface area contributed by atoms with E-state index >= 15 is 0 Å². The molecule has 1 aromatic rings. The molecule has 0 spiro atoms. The van der Waals surface area contributed by atoms with E-state index in [1.54, 1.807) is 0 Å². The van der Waals surface area contributed by atoms with Crippen LogP contribution in [0.3, 0.4) is 0 Å². The van der Waals surface area contributed by atoms with E-state index < -0.39 is 5.60 Å². The van der Waals surface area contributed by atoms with Gasteiger partial charge in [0.2, 0.25) is 0 Å². The lowest BCUT2D eigenvalue weighted by Crippen LogP contribution is -2.40. The van der Waals surface area contributed by atoms with Gasteiger partial charge in [-0.05, 0) is 38.2 Å².